The third-order valence-corrected chi connectivity index (χ3v) is 3.82. The van der Waals surface area contributed by atoms with Gasteiger partial charge in [-0.1, -0.05) is 0 Å². The quantitative estimate of drug-likeness (QED) is 0.629. The molecular weight excluding hydrogens is 238 g/mol. The van der Waals surface area contributed by atoms with Crippen LogP contribution >= 0.6 is 0 Å². The number of unbranched alkanes of at least 4 members (excludes halogenated alkanes) is 1. The summed E-state index contributed by atoms with van der Waals surface area (Å²) in [6.45, 7) is 1.54. The highest BCUT2D eigenvalue weighted by molar-refractivity contribution is 7.89. The molecule has 5 nitrogen and oxygen atoms in total. The molecule has 0 aliphatic carbocycles. The summed E-state index contributed by atoms with van der Waals surface area (Å²) in [4.78, 5) is 0.271. The van der Waals surface area contributed by atoms with Crippen molar-refractivity contribution in [2.45, 2.75) is 17.7 Å². The Kier molecular flexibility index (Phi) is 5.40. The first kappa shape index (κ1) is 14.0. The number of anilines is 1. The maximum absolute atomic E-state index is 11.5. The summed E-state index contributed by atoms with van der Waals surface area (Å²) in [5, 5.41) is 3.21. The van der Waals surface area contributed by atoms with E-state index < -0.39 is 10.0 Å². The lowest BCUT2D eigenvalue weighted by Gasteiger charge is -2.07. The molecule has 96 valence electrons. The Bertz CT molecular complexity index is 429. The molecule has 0 unspecified atom stereocenters. The van der Waals surface area contributed by atoms with Crippen molar-refractivity contribution in [2.75, 3.05) is 25.5 Å². The van der Waals surface area contributed by atoms with Gasteiger partial charge in [-0.25, -0.2) is 13.1 Å². The van der Waals surface area contributed by atoms with Gasteiger partial charge in [-0.3, -0.25) is 0 Å². The van der Waals surface area contributed by atoms with Gasteiger partial charge in [0.25, 0.3) is 0 Å². The van der Waals surface area contributed by atoms with E-state index in [1.807, 2.05) is 0 Å². The zero-order valence-electron chi connectivity index (χ0n) is 9.94. The topological polar surface area (TPSA) is 84.2 Å². The van der Waals surface area contributed by atoms with Gasteiger partial charge in [0.1, 0.15) is 0 Å². The SMILES string of the molecule is CNS(=O)(=O)c1ccc(NCCCCN)cc1. The van der Waals surface area contributed by atoms with E-state index in [0.717, 1.165) is 25.1 Å². The standard InChI is InChI=1S/C11H19N3O2S/c1-13-17(15,16)11-6-4-10(5-7-11)14-9-3-2-8-12/h4-7,13-14H,2-3,8-9,12H2,1H3. The molecule has 0 bridgehead atoms. The largest absolute Gasteiger partial charge is 0.385 e. The molecule has 0 saturated carbocycles. The number of rotatable bonds is 7. The molecule has 0 heterocycles. The summed E-state index contributed by atoms with van der Waals surface area (Å²) in [7, 11) is -1.94. The van der Waals surface area contributed by atoms with Crippen molar-refractivity contribution in [2.24, 2.45) is 5.73 Å². The minimum Gasteiger partial charge on any atom is -0.385 e. The zero-order chi connectivity index (χ0) is 12.7. The maximum Gasteiger partial charge on any atom is 0.240 e. The Hall–Kier alpha value is -1.11. The lowest BCUT2D eigenvalue weighted by Crippen LogP contribution is -2.18. The molecule has 4 N–H and O–H groups in total. The van der Waals surface area contributed by atoms with Crippen LogP contribution in [0.5, 0.6) is 0 Å². The highest BCUT2D eigenvalue weighted by atomic mass is 32.2. The Labute approximate surface area is 102 Å². The number of sulfonamides is 1. The average Bonchev–Trinajstić information content (AvgIpc) is 2.35. The third-order valence-electron chi connectivity index (χ3n) is 2.39. The molecule has 6 heteroatoms. The first-order valence-electron chi connectivity index (χ1n) is 5.57. The van der Waals surface area contributed by atoms with Crippen molar-refractivity contribution in [3.05, 3.63) is 24.3 Å². The van der Waals surface area contributed by atoms with Crippen LogP contribution in [0.4, 0.5) is 5.69 Å². The van der Waals surface area contributed by atoms with Crippen LogP contribution in [-0.2, 0) is 10.0 Å². The van der Waals surface area contributed by atoms with Crippen molar-refractivity contribution in [3.8, 4) is 0 Å². The summed E-state index contributed by atoms with van der Waals surface area (Å²) in [6, 6.07) is 6.67. The Morgan fingerprint density at radius 3 is 2.35 bits per heavy atom. The molecule has 0 fully saturated rings. The van der Waals surface area contributed by atoms with Crippen LogP contribution in [0.25, 0.3) is 0 Å². The van der Waals surface area contributed by atoms with Crippen LogP contribution < -0.4 is 15.8 Å². The number of hydrogen-bond donors (Lipinski definition) is 3. The molecular formula is C11H19N3O2S. The van der Waals surface area contributed by atoms with E-state index in [-0.39, 0.29) is 4.90 Å². The minimum absolute atomic E-state index is 0.271. The fraction of sp³-hybridized carbons (Fsp3) is 0.455. The lowest BCUT2D eigenvalue weighted by molar-refractivity contribution is 0.588. The van der Waals surface area contributed by atoms with Crippen molar-refractivity contribution in [1.82, 2.24) is 4.72 Å². The normalized spacial score (nSPS) is 11.4. The Morgan fingerprint density at radius 1 is 1.18 bits per heavy atom. The van der Waals surface area contributed by atoms with Gasteiger partial charge < -0.3 is 11.1 Å². The number of nitrogens with two attached hydrogens (primary N) is 1. The van der Waals surface area contributed by atoms with Gasteiger partial charge in [-0.15, -0.1) is 0 Å². The highest BCUT2D eigenvalue weighted by Crippen LogP contribution is 2.13. The number of nitrogens with one attached hydrogen (secondary N) is 2. The van der Waals surface area contributed by atoms with Gasteiger partial charge in [0, 0.05) is 12.2 Å². The number of hydrogen-bond acceptors (Lipinski definition) is 4. The van der Waals surface area contributed by atoms with E-state index in [2.05, 4.69) is 10.0 Å². The van der Waals surface area contributed by atoms with E-state index in [1.54, 1.807) is 24.3 Å². The van der Waals surface area contributed by atoms with Crippen molar-refractivity contribution >= 4 is 15.7 Å². The maximum atomic E-state index is 11.5. The molecule has 0 saturated heterocycles. The van der Waals surface area contributed by atoms with E-state index in [1.165, 1.54) is 7.05 Å². The molecule has 17 heavy (non-hydrogen) atoms. The van der Waals surface area contributed by atoms with Gasteiger partial charge >= 0.3 is 0 Å². The van der Waals surface area contributed by atoms with Crippen LogP contribution in [0.3, 0.4) is 0 Å². The molecule has 0 spiro atoms. The Balaban J connectivity index is 2.57. The van der Waals surface area contributed by atoms with E-state index in [0.29, 0.717) is 6.54 Å². The molecule has 1 aromatic rings. The fourth-order valence-electron chi connectivity index (χ4n) is 1.37. The van der Waals surface area contributed by atoms with Crippen LogP contribution in [0, 0.1) is 0 Å². The van der Waals surface area contributed by atoms with Crippen molar-refractivity contribution in [1.29, 1.82) is 0 Å². The molecule has 0 aliphatic heterocycles. The second-order valence-electron chi connectivity index (χ2n) is 3.65. The summed E-state index contributed by atoms with van der Waals surface area (Å²) >= 11 is 0. The van der Waals surface area contributed by atoms with Crippen LogP contribution in [0.1, 0.15) is 12.8 Å². The van der Waals surface area contributed by atoms with Gasteiger partial charge in [-0.05, 0) is 50.7 Å². The molecule has 0 radical (unpaired) electrons. The predicted molar refractivity (Wildman–Crippen MR) is 69.5 cm³/mol. The second kappa shape index (κ2) is 6.58. The highest BCUT2D eigenvalue weighted by Gasteiger charge is 2.09. The molecule has 0 atom stereocenters. The molecule has 0 aromatic heterocycles. The smallest absolute Gasteiger partial charge is 0.240 e. The first-order chi connectivity index (χ1) is 8.10. The first-order valence-corrected chi connectivity index (χ1v) is 7.06. The van der Waals surface area contributed by atoms with Crippen LogP contribution in [-0.4, -0.2) is 28.6 Å². The summed E-state index contributed by atoms with van der Waals surface area (Å²) in [6.07, 6.45) is 1.99. The predicted octanol–water partition coefficient (Wildman–Crippen LogP) is 0.745. The van der Waals surface area contributed by atoms with Gasteiger partial charge in [0.2, 0.25) is 10.0 Å². The number of benzene rings is 1. The average molecular weight is 257 g/mol. The monoisotopic (exact) mass is 257 g/mol. The lowest BCUT2D eigenvalue weighted by atomic mass is 10.3. The molecule has 0 aliphatic rings. The fourth-order valence-corrected chi connectivity index (χ4v) is 2.10. The van der Waals surface area contributed by atoms with E-state index in [9.17, 15) is 8.42 Å². The summed E-state index contributed by atoms with van der Waals surface area (Å²) in [5.74, 6) is 0. The van der Waals surface area contributed by atoms with Gasteiger partial charge in [0.05, 0.1) is 4.90 Å². The Morgan fingerprint density at radius 2 is 1.82 bits per heavy atom. The molecule has 1 aromatic carbocycles. The summed E-state index contributed by atoms with van der Waals surface area (Å²) in [5.41, 5.74) is 6.30. The van der Waals surface area contributed by atoms with E-state index in [4.69, 9.17) is 5.73 Å². The second-order valence-corrected chi connectivity index (χ2v) is 5.54. The van der Waals surface area contributed by atoms with Crippen LogP contribution in [0.15, 0.2) is 29.2 Å². The van der Waals surface area contributed by atoms with Gasteiger partial charge in [0.15, 0.2) is 0 Å². The molecule has 0 amide bonds. The van der Waals surface area contributed by atoms with Crippen molar-refractivity contribution < 1.29 is 8.42 Å². The zero-order valence-corrected chi connectivity index (χ0v) is 10.8. The molecule has 1 rings (SSSR count). The van der Waals surface area contributed by atoms with Crippen LogP contribution in [0.2, 0.25) is 0 Å². The van der Waals surface area contributed by atoms with Gasteiger partial charge in [-0.2, -0.15) is 0 Å². The minimum atomic E-state index is -3.34. The summed E-state index contributed by atoms with van der Waals surface area (Å²) < 4.78 is 25.2. The third kappa shape index (κ3) is 4.33. The van der Waals surface area contributed by atoms with Crippen molar-refractivity contribution in [3.63, 3.8) is 0 Å². The van der Waals surface area contributed by atoms with E-state index >= 15 is 0 Å².